The molecule has 2 aliphatic rings. The molecule has 3 nitrogen and oxygen atoms in total. The molecule has 1 saturated heterocycles. The summed E-state index contributed by atoms with van der Waals surface area (Å²) in [6.07, 6.45) is 1.97. The predicted molar refractivity (Wildman–Crippen MR) is 70.7 cm³/mol. The van der Waals surface area contributed by atoms with Gasteiger partial charge in [-0.05, 0) is 41.9 Å². The number of likely N-dealkylation sites (tertiary alicyclic amines) is 1. The Morgan fingerprint density at radius 2 is 2.18 bits per heavy atom. The van der Waals surface area contributed by atoms with Crippen LogP contribution in [0, 0.1) is 0 Å². The summed E-state index contributed by atoms with van der Waals surface area (Å²) < 4.78 is 6.95. The van der Waals surface area contributed by atoms with Crippen molar-refractivity contribution in [3.63, 3.8) is 0 Å². The summed E-state index contributed by atoms with van der Waals surface area (Å²) in [5, 5.41) is 0. The van der Waals surface area contributed by atoms with Crippen molar-refractivity contribution in [2.24, 2.45) is 0 Å². The maximum atomic E-state index is 11.8. The lowest BCUT2D eigenvalue weighted by Crippen LogP contribution is -2.45. The largest absolute Gasteiger partial charge is 0.361 e. The van der Waals surface area contributed by atoms with Gasteiger partial charge in [-0.1, -0.05) is 0 Å². The molecule has 1 aromatic heterocycles. The summed E-state index contributed by atoms with van der Waals surface area (Å²) in [6, 6.07) is 1.95. The molecule has 0 aliphatic carbocycles. The monoisotopic (exact) mass is 315 g/mol. The van der Waals surface area contributed by atoms with Gasteiger partial charge in [0.05, 0.1) is 3.79 Å². The Morgan fingerprint density at radius 1 is 1.47 bits per heavy atom. The first kappa shape index (κ1) is 11.8. The molecule has 0 bridgehead atoms. The van der Waals surface area contributed by atoms with Gasteiger partial charge in [0.15, 0.2) is 5.78 Å². The zero-order chi connectivity index (χ0) is 12.0. The molecule has 3 rings (SSSR count). The molecule has 0 saturated carbocycles. The highest BCUT2D eigenvalue weighted by Crippen LogP contribution is 2.46. The fourth-order valence-corrected chi connectivity index (χ4v) is 4.42. The number of carbonyl (C=O) groups excluding carboxylic acids is 1. The van der Waals surface area contributed by atoms with E-state index in [1.165, 1.54) is 0 Å². The van der Waals surface area contributed by atoms with Gasteiger partial charge in [-0.2, -0.15) is 0 Å². The van der Waals surface area contributed by atoms with Crippen LogP contribution in [0.3, 0.4) is 0 Å². The van der Waals surface area contributed by atoms with Gasteiger partial charge < -0.3 is 9.64 Å². The second-order valence-corrected chi connectivity index (χ2v) is 7.23. The molecule has 3 heterocycles. The van der Waals surface area contributed by atoms with Crippen molar-refractivity contribution in [1.29, 1.82) is 0 Å². The molecule has 0 unspecified atom stereocenters. The van der Waals surface area contributed by atoms with E-state index < -0.39 is 0 Å². The summed E-state index contributed by atoms with van der Waals surface area (Å²) >= 11 is 5.13. The number of hydrogen-bond donors (Lipinski definition) is 0. The number of Topliss-reactive ketones (excluding diaryl/α,β-unsaturated/α-hetero) is 1. The van der Waals surface area contributed by atoms with Crippen LogP contribution in [-0.4, -0.2) is 37.4 Å². The maximum absolute atomic E-state index is 11.8. The summed E-state index contributed by atoms with van der Waals surface area (Å²) in [6.45, 7) is 2.30. The standard InChI is InChI=1S/C12H14BrNO2S/c1-14-4-2-12(3-5-14)11-8(6-10(13)17-11)9(15)7-16-12/h6H,2-5,7H2,1H3. The van der Waals surface area contributed by atoms with Crippen molar-refractivity contribution in [1.82, 2.24) is 4.90 Å². The van der Waals surface area contributed by atoms with E-state index in [9.17, 15) is 4.79 Å². The third-order valence-corrected chi connectivity index (χ3v) is 5.51. The van der Waals surface area contributed by atoms with Crippen LogP contribution in [-0.2, 0) is 10.3 Å². The summed E-state index contributed by atoms with van der Waals surface area (Å²) in [5.41, 5.74) is 0.671. The smallest absolute Gasteiger partial charge is 0.189 e. The minimum atomic E-state index is -0.202. The fraction of sp³-hybridized carbons (Fsp3) is 0.583. The van der Waals surface area contributed by atoms with Gasteiger partial charge >= 0.3 is 0 Å². The van der Waals surface area contributed by atoms with E-state index in [-0.39, 0.29) is 18.0 Å². The highest BCUT2D eigenvalue weighted by molar-refractivity contribution is 9.11. The number of halogens is 1. The van der Waals surface area contributed by atoms with Crippen molar-refractivity contribution in [3.8, 4) is 0 Å². The van der Waals surface area contributed by atoms with Gasteiger partial charge in [-0.15, -0.1) is 11.3 Å². The molecule has 0 aromatic carbocycles. The SMILES string of the molecule is CN1CCC2(CC1)OCC(=O)c1cc(Br)sc12. The Bertz CT molecular complexity index is 463. The average Bonchev–Trinajstić information content (AvgIpc) is 2.71. The lowest BCUT2D eigenvalue weighted by molar-refractivity contribution is -0.0810. The lowest BCUT2D eigenvalue weighted by atomic mass is 9.85. The van der Waals surface area contributed by atoms with Gasteiger partial charge in [0, 0.05) is 23.5 Å². The highest BCUT2D eigenvalue weighted by atomic mass is 79.9. The molecule has 1 fully saturated rings. The van der Waals surface area contributed by atoms with Crippen molar-refractivity contribution in [2.75, 3.05) is 26.7 Å². The number of hydrogen-bond acceptors (Lipinski definition) is 4. The van der Waals surface area contributed by atoms with Gasteiger partial charge in [-0.3, -0.25) is 4.79 Å². The number of ketones is 1. The molecule has 0 amide bonds. The van der Waals surface area contributed by atoms with Crippen LogP contribution in [0.2, 0.25) is 0 Å². The summed E-state index contributed by atoms with van der Waals surface area (Å²) in [7, 11) is 2.13. The van der Waals surface area contributed by atoms with E-state index in [0.717, 1.165) is 40.2 Å². The molecule has 5 heteroatoms. The highest BCUT2D eigenvalue weighted by Gasteiger charge is 2.44. The van der Waals surface area contributed by atoms with E-state index >= 15 is 0 Å². The average molecular weight is 316 g/mol. The normalized spacial score (nSPS) is 24.0. The minimum Gasteiger partial charge on any atom is -0.361 e. The van der Waals surface area contributed by atoms with Crippen molar-refractivity contribution >= 4 is 33.0 Å². The van der Waals surface area contributed by atoms with E-state index in [0.29, 0.717) is 0 Å². The Hall–Kier alpha value is -0.230. The van der Waals surface area contributed by atoms with Crippen molar-refractivity contribution in [2.45, 2.75) is 18.4 Å². The number of ether oxygens (including phenoxy) is 1. The quantitative estimate of drug-likeness (QED) is 0.737. The number of nitrogens with zero attached hydrogens (tertiary/aromatic N) is 1. The number of thiophene rings is 1. The van der Waals surface area contributed by atoms with Crippen LogP contribution in [0.15, 0.2) is 9.85 Å². The van der Waals surface area contributed by atoms with Crippen LogP contribution in [0.5, 0.6) is 0 Å². The number of rotatable bonds is 0. The zero-order valence-electron chi connectivity index (χ0n) is 9.66. The van der Waals surface area contributed by atoms with Crippen LogP contribution in [0.4, 0.5) is 0 Å². The second-order valence-electron chi connectivity index (χ2n) is 4.80. The molecule has 0 N–H and O–H groups in total. The van der Waals surface area contributed by atoms with E-state index in [2.05, 4.69) is 27.9 Å². The molecular formula is C12H14BrNO2S. The molecule has 2 aliphatic heterocycles. The number of fused-ring (bicyclic) bond motifs is 2. The Balaban J connectivity index is 2.02. The lowest BCUT2D eigenvalue weighted by Gasteiger charge is -2.42. The van der Waals surface area contributed by atoms with Crippen molar-refractivity contribution in [3.05, 3.63) is 20.3 Å². The molecule has 1 aromatic rings. The molecule has 1 spiro atoms. The van der Waals surface area contributed by atoms with Gasteiger partial charge in [0.2, 0.25) is 0 Å². The van der Waals surface area contributed by atoms with Crippen LogP contribution >= 0.6 is 27.3 Å². The Labute approximate surface area is 113 Å². The summed E-state index contributed by atoms with van der Waals surface area (Å²) in [4.78, 5) is 15.3. The first-order valence-electron chi connectivity index (χ1n) is 5.76. The van der Waals surface area contributed by atoms with E-state index in [1.807, 2.05) is 6.07 Å². The molecule has 17 heavy (non-hydrogen) atoms. The van der Waals surface area contributed by atoms with E-state index in [4.69, 9.17) is 4.74 Å². The van der Waals surface area contributed by atoms with Crippen molar-refractivity contribution < 1.29 is 9.53 Å². The molecular weight excluding hydrogens is 302 g/mol. The molecule has 0 radical (unpaired) electrons. The van der Waals surface area contributed by atoms with Crippen LogP contribution in [0.1, 0.15) is 28.1 Å². The van der Waals surface area contributed by atoms with Crippen LogP contribution in [0.25, 0.3) is 0 Å². The van der Waals surface area contributed by atoms with Gasteiger partial charge in [-0.25, -0.2) is 0 Å². The van der Waals surface area contributed by atoms with Gasteiger partial charge in [0.25, 0.3) is 0 Å². The van der Waals surface area contributed by atoms with E-state index in [1.54, 1.807) is 11.3 Å². The Kier molecular flexibility index (Phi) is 2.89. The number of piperidine rings is 1. The topological polar surface area (TPSA) is 29.5 Å². The Morgan fingerprint density at radius 3 is 2.88 bits per heavy atom. The predicted octanol–water partition coefficient (Wildman–Crippen LogP) is 2.64. The molecule has 0 atom stereocenters. The maximum Gasteiger partial charge on any atom is 0.189 e. The third kappa shape index (κ3) is 1.89. The minimum absolute atomic E-state index is 0.117. The first-order chi connectivity index (χ1) is 8.11. The fourth-order valence-electron chi connectivity index (χ4n) is 2.60. The third-order valence-electron chi connectivity index (χ3n) is 3.69. The first-order valence-corrected chi connectivity index (χ1v) is 7.37. The second kappa shape index (κ2) is 4.16. The number of carbonyl (C=O) groups is 1. The van der Waals surface area contributed by atoms with Crippen LogP contribution < -0.4 is 0 Å². The summed E-state index contributed by atoms with van der Waals surface area (Å²) in [5.74, 6) is 0.117. The molecule has 92 valence electrons. The zero-order valence-corrected chi connectivity index (χ0v) is 12.1. The van der Waals surface area contributed by atoms with Gasteiger partial charge in [0.1, 0.15) is 12.2 Å².